The second kappa shape index (κ2) is 6.61. The second-order valence-corrected chi connectivity index (χ2v) is 6.20. The zero-order valence-electron chi connectivity index (χ0n) is 11.8. The van der Waals surface area contributed by atoms with Gasteiger partial charge in [0.2, 0.25) is 0 Å². The van der Waals surface area contributed by atoms with Gasteiger partial charge in [0, 0.05) is 32.7 Å². The van der Waals surface area contributed by atoms with Gasteiger partial charge in [0.15, 0.2) is 0 Å². The van der Waals surface area contributed by atoms with Crippen molar-refractivity contribution in [3.8, 4) is 0 Å². The van der Waals surface area contributed by atoms with Crippen LogP contribution in [0.15, 0.2) is 0 Å². The Morgan fingerprint density at radius 2 is 1.62 bits per heavy atom. The van der Waals surface area contributed by atoms with Crippen LogP contribution in [0, 0.1) is 5.41 Å². The number of hydrogen-bond acceptors (Lipinski definition) is 2. The van der Waals surface area contributed by atoms with Gasteiger partial charge in [-0.2, -0.15) is 0 Å². The molecule has 0 radical (unpaired) electrons. The van der Waals surface area contributed by atoms with Crippen molar-refractivity contribution >= 4 is 0 Å². The first-order valence-electron chi connectivity index (χ1n) is 6.94. The highest BCUT2D eigenvalue weighted by atomic mass is 15.2. The van der Waals surface area contributed by atoms with E-state index in [0.29, 0.717) is 5.41 Å². The monoisotopic (exact) mass is 226 g/mol. The van der Waals surface area contributed by atoms with E-state index in [-0.39, 0.29) is 0 Å². The summed E-state index contributed by atoms with van der Waals surface area (Å²) in [6.07, 6.45) is 5.52. The predicted octanol–water partition coefficient (Wildman–Crippen LogP) is 2.84. The first-order chi connectivity index (χ1) is 7.53. The van der Waals surface area contributed by atoms with Gasteiger partial charge in [-0.15, -0.1) is 0 Å². The van der Waals surface area contributed by atoms with E-state index in [1.54, 1.807) is 0 Å². The average molecular weight is 226 g/mol. The zero-order chi connectivity index (χ0) is 12.0. The Balaban J connectivity index is 2.23. The van der Waals surface area contributed by atoms with Crippen LogP contribution in [0.25, 0.3) is 0 Å². The van der Waals surface area contributed by atoms with Gasteiger partial charge in [-0.05, 0) is 18.9 Å². The van der Waals surface area contributed by atoms with Gasteiger partial charge in [0.25, 0.3) is 0 Å². The van der Waals surface area contributed by atoms with Gasteiger partial charge < -0.3 is 9.80 Å². The van der Waals surface area contributed by atoms with E-state index in [1.165, 1.54) is 58.4 Å². The zero-order valence-corrected chi connectivity index (χ0v) is 11.8. The fraction of sp³-hybridized carbons (Fsp3) is 1.00. The maximum atomic E-state index is 2.64. The summed E-state index contributed by atoms with van der Waals surface area (Å²) in [4.78, 5) is 5.08. The van der Waals surface area contributed by atoms with Crippen molar-refractivity contribution in [2.75, 3.05) is 39.8 Å². The third kappa shape index (κ3) is 5.31. The molecule has 0 atom stereocenters. The summed E-state index contributed by atoms with van der Waals surface area (Å²) in [6.45, 7) is 13.4. The van der Waals surface area contributed by atoms with Gasteiger partial charge >= 0.3 is 0 Å². The van der Waals surface area contributed by atoms with Crippen LogP contribution in [0.1, 0.15) is 46.5 Å². The summed E-state index contributed by atoms with van der Waals surface area (Å²) in [5.41, 5.74) is 0.505. The van der Waals surface area contributed by atoms with Crippen LogP contribution in [0.4, 0.5) is 0 Å². The number of nitrogens with zero attached hydrogens (tertiary/aromatic N) is 2. The van der Waals surface area contributed by atoms with Gasteiger partial charge in [-0.3, -0.25) is 0 Å². The van der Waals surface area contributed by atoms with Crippen molar-refractivity contribution < 1.29 is 0 Å². The average Bonchev–Trinajstić information content (AvgIpc) is 2.21. The second-order valence-electron chi connectivity index (χ2n) is 6.20. The van der Waals surface area contributed by atoms with E-state index in [0.717, 1.165) is 0 Å². The van der Waals surface area contributed by atoms with Crippen LogP contribution in [-0.2, 0) is 0 Å². The first kappa shape index (κ1) is 14.0. The summed E-state index contributed by atoms with van der Waals surface area (Å²) < 4.78 is 0. The molecule has 0 aliphatic carbocycles. The van der Waals surface area contributed by atoms with Crippen LogP contribution in [0.5, 0.6) is 0 Å². The molecule has 2 heteroatoms. The van der Waals surface area contributed by atoms with E-state index in [2.05, 4.69) is 37.6 Å². The van der Waals surface area contributed by atoms with Crippen LogP contribution >= 0.6 is 0 Å². The molecular formula is C14H30N2. The molecule has 0 bridgehead atoms. The minimum absolute atomic E-state index is 0.505. The Kier molecular flexibility index (Phi) is 5.77. The lowest BCUT2D eigenvalue weighted by Crippen LogP contribution is -2.47. The molecule has 0 saturated carbocycles. The van der Waals surface area contributed by atoms with Crippen molar-refractivity contribution in [2.45, 2.75) is 46.5 Å². The SMILES string of the molecule is CCCCCC(C)(C)CN1CCN(C)CC1. The third-order valence-corrected chi connectivity index (χ3v) is 3.70. The van der Waals surface area contributed by atoms with Crippen LogP contribution in [0.2, 0.25) is 0 Å². The fourth-order valence-corrected chi connectivity index (χ4v) is 2.54. The van der Waals surface area contributed by atoms with Crippen LogP contribution < -0.4 is 0 Å². The number of rotatable bonds is 6. The van der Waals surface area contributed by atoms with E-state index in [1.807, 2.05) is 0 Å². The molecule has 2 nitrogen and oxygen atoms in total. The lowest BCUT2D eigenvalue weighted by Gasteiger charge is -2.37. The molecule has 0 aromatic carbocycles. The number of hydrogen-bond donors (Lipinski definition) is 0. The van der Waals surface area contributed by atoms with Crippen molar-refractivity contribution in [1.29, 1.82) is 0 Å². The Morgan fingerprint density at radius 1 is 1.00 bits per heavy atom. The van der Waals surface area contributed by atoms with Gasteiger partial charge in [0.05, 0.1) is 0 Å². The maximum absolute atomic E-state index is 2.64. The number of piperazine rings is 1. The molecular weight excluding hydrogens is 196 g/mol. The molecule has 96 valence electrons. The molecule has 0 aromatic rings. The fourth-order valence-electron chi connectivity index (χ4n) is 2.54. The van der Waals surface area contributed by atoms with Crippen molar-refractivity contribution in [3.05, 3.63) is 0 Å². The molecule has 0 aromatic heterocycles. The molecule has 0 spiro atoms. The van der Waals surface area contributed by atoms with Crippen LogP contribution in [0.3, 0.4) is 0 Å². The van der Waals surface area contributed by atoms with E-state index >= 15 is 0 Å². The van der Waals surface area contributed by atoms with E-state index in [9.17, 15) is 0 Å². The predicted molar refractivity (Wildman–Crippen MR) is 71.9 cm³/mol. The molecule has 16 heavy (non-hydrogen) atoms. The summed E-state index contributed by atoms with van der Waals surface area (Å²) in [7, 11) is 2.23. The lowest BCUT2D eigenvalue weighted by atomic mass is 9.86. The van der Waals surface area contributed by atoms with Gasteiger partial charge in [0.1, 0.15) is 0 Å². The molecule has 1 aliphatic heterocycles. The Labute approximate surface area is 102 Å². The summed E-state index contributed by atoms with van der Waals surface area (Å²) in [6, 6.07) is 0. The van der Waals surface area contributed by atoms with Crippen LogP contribution in [-0.4, -0.2) is 49.6 Å². The summed E-state index contributed by atoms with van der Waals surface area (Å²) >= 11 is 0. The van der Waals surface area contributed by atoms with Gasteiger partial charge in [-0.25, -0.2) is 0 Å². The molecule has 0 amide bonds. The van der Waals surface area contributed by atoms with Gasteiger partial charge in [-0.1, -0.05) is 40.0 Å². The Morgan fingerprint density at radius 3 is 2.19 bits per heavy atom. The molecule has 1 saturated heterocycles. The van der Waals surface area contributed by atoms with Crippen molar-refractivity contribution in [3.63, 3.8) is 0 Å². The molecule has 0 N–H and O–H groups in total. The molecule has 1 aliphatic rings. The highest BCUT2D eigenvalue weighted by Gasteiger charge is 2.23. The first-order valence-corrected chi connectivity index (χ1v) is 6.94. The van der Waals surface area contributed by atoms with Crippen molar-refractivity contribution in [2.24, 2.45) is 5.41 Å². The van der Waals surface area contributed by atoms with E-state index in [4.69, 9.17) is 0 Å². The topological polar surface area (TPSA) is 6.48 Å². The maximum Gasteiger partial charge on any atom is 0.0110 e. The van der Waals surface area contributed by atoms with Crippen molar-refractivity contribution in [1.82, 2.24) is 9.80 Å². The highest BCUT2D eigenvalue weighted by Crippen LogP contribution is 2.25. The molecule has 1 fully saturated rings. The number of unbranched alkanes of at least 4 members (excludes halogenated alkanes) is 2. The Hall–Kier alpha value is -0.0800. The summed E-state index contributed by atoms with van der Waals surface area (Å²) in [5.74, 6) is 0. The number of likely N-dealkylation sites (N-methyl/N-ethyl adjacent to an activating group) is 1. The Bertz CT molecular complexity index is 181. The lowest BCUT2D eigenvalue weighted by molar-refractivity contribution is 0.105. The minimum Gasteiger partial charge on any atom is -0.304 e. The largest absolute Gasteiger partial charge is 0.304 e. The molecule has 1 rings (SSSR count). The smallest absolute Gasteiger partial charge is 0.0110 e. The standard InChI is InChI=1S/C14H30N2/c1-5-6-7-8-14(2,3)13-16-11-9-15(4)10-12-16/h5-13H2,1-4H3. The quantitative estimate of drug-likeness (QED) is 0.643. The summed E-state index contributed by atoms with van der Waals surface area (Å²) in [5, 5.41) is 0. The van der Waals surface area contributed by atoms with E-state index < -0.39 is 0 Å². The molecule has 0 unspecified atom stereocenters. The third-order valence-electron chi connectivity index (χ3n) is 3.70. The normalized spacial score (nSPS) is 20.2. The highest BCUT2D eigenvalue weighted by molar-refractivity contribution is 4.77. The molecule has 1 heterocycles. The minimum atomic E-state index is 0.505.